The number of anilines is 1. The van der Waals surface area contributed by atoms with E-state index in [4.69, 9.17) is 14.2 Å². The van der Waals surface area contributed by atoms with Crippen LogP contribution in [0.15, 0.2) is 36.7 Å². The molecule has 0 saturated heterocycles. The number of pyridine rings is 1. The van der Waals surface area contributed by atoms with Crippen LogP contribution in [0.3, 0.4) is 0 Å². The van der Waals surface area contributed by atoms with Gasteiger partial charge >= 0.3 is 5.97 Å². The van der Waals surface area contributed by atoms with Crippen molar-refractivity contribution in [1.29, 1.82) is 0 Å². The summed E-state index contributed by atoms with van der Waals surface area (Å²) in [5, 5.41) is 13.1. The number of carbonyl (C=O) groups is 1. The fraction of sp³-hybridized carbons (Fsp3) is 0.294. The summed E-state index contributed by atoms with van der Waals surface area (Å²) in [5.74, 6) is 0.452. The van der Waals surface area contributed by atoms with Crippen LogP contribution in [0, 0.1) is 0 Å². The largest absolute Gasteiger partial charge is 0.504 e. The minimum Gasteiger partial charge on any atom is -0.504 e. The van der Waals surface area contributed by atoms with Crippen molar-refractivity contribution in [1.82, 2.24) is 4.98 Å². The molecule has 0 amide bonds. The average molecular weight is 330 g/mol. The molecule has 1 aromatic heterocycles. The van der Waals surface area contributed by atoms with E-state index in [-0.39, 0.29) is 12.4 Å². The molecule has 0 saturated carbocycles. The van der Waals surface area contributed by atoms with Crippen LogP contribution in [0.25, 0.3) is 0 Å². The zero-order chi connectivity index (χ0) is 17.1. The molecule has 2 N–H and O–H groups in total. The number of phenolic OH excluding ortho intramolecular Hbond substituents is 1. The number of methoxy groups -OCH3 is 1. The normalized spacial score (nSPS) is 18.4. The van der Waals surface area contributed by atoms with Crippen LogP contribution >= 0.6 is 0 Å². The van der Waals surface area contributed by atoms with Crippen LogP contribution in [-0.4, -0.2) is 35.9 Å². The monoisotopic (exact) mass is 330 g/mol. The molecular weight excluding hydrogens is 312 g/mol. The van der Waals surface area contributed by atoms with Gasteiger partial charge in [-0.25, -0.2) is 4.79 Å². The van der Waals surface area contributed by atoms with Gasteiger partial charge in [-0.1, -0.05) is 0 Å². The summed E-state index contributed by atoms with van der Waals surface area (Å²) in [4.78, 5) is 16.2. The highest BCUT2D eigenvalue weighted by molar-refractivity contribution is 5.79. The highest BCUT2D eigenvalue weighted by atomic mass is 16.6. The van der Waals surface area contributed by atoms with Crippen LogP contribution in [-0.2, 0) is 9.53 Å². The third kappa shape index (κ3) is 2.92. The van der Waals surface area contributed by atoms with Crippen molar-refractivity contribution in [3.05, 3.63) is 42.2 Å². The predicted molar refractivity (Wildman–Crippen MR) is 86.3 cm³/mol. The lowest BCUT2D eigenvalue weighted by atomic mass is 10.0. The van der Waals surface area contributed by atoms with Crippen molar-refractivity contribution in [2.45, 2.75) is 19.1 Å². The first-order valence-corrected chi connectivity index (χ1v) is 7.54. The van der Waals surface area contributed by atoms with Gasteiger partial charge < -0.3 is 24.6 Å². The Bertz CT molecular complexity index is 750. The molecule has 24 heavy (non-hydrogen) atoms. The van der Waals surface area contributed by atoms with E-state index in [0.717, 1.165) is 5.56 Å². The summed E-state index contributed by atoms with van der Waals surface area (Å²) in [6.07, 6.45) is 2.37. The van der Waals surface area contributed by atoms with Crippen molar-refractivity contribution >= 4 is 11.7 Å². The first-order chi connectivity index (χ1) is 11.6. The van der Waals surface area contributed by atoms with Gasteiger partial charge in [-0.2, -0.15) is 0 Å². The first kappa shape index (κ1) is 15.9. The van der Waals surface area contributed by atoms with Gasteiger partial charge in [0.15, 0.2) is 11.5 Å². The molecule has 0 bridgehead atoms. The molecule has 1 aromatic carbocycles. The minimum atomic E-state index is -0.826. The van der Waals surface area contributed by atoms with E-state index in [2.05, 4.69) is 10.3 Å². The Hall–Kier alpha value is -2.96. The SMILES string of the molecule is CCOC(=O)C1Oc2cnccc2C1Nc1ccc(OC)c(O)c1. The maximum absolute atomic E-state index is 12.2. The number of nitrogens with zero attached hydrogens (tertiary/aromatic N) is 1. The number of rotatable bonds is 5. The molecule has 3 rings (SSSR count). The van der Waals surface area contributed by atoms with Gasteiger partial charge in [0.1, 0.15) is 11.8 Å². The van der Waals surface area contributed by atoms with Gasteiger partial charge in [-0.05, 0) is 25.1 Å². The fourth-order valence-corrected chi connectivity index (χ4v) is 2.64. The first-order valence-electron chi connectivity index (χ1n) is 7.54. The molecule has 7 nitrogen and oxygen atoms in total. The van der Waals surface area contributed by atoms with Gasteiger partial charge in [0, 0.05) is 23.5 Å². The van der Waals surface area contributed by atoms with E-state index in [0.29, 0.717) is 17.2 Å². The van der Waals surface area contributed by atoms with E-state index >= 15 is 0 Å². The maximum atomic E-state index is 12.2. The Morgan fingerprint density at radius 2 is 2.25 bits per heavy atom. The Morgan fingerprint density at radius 1 is 1.42 bits per heavy atom. The van der Waals surface area contributed by atoms with E-state index in [1.54, 1.807) is 37.5 Å². The number of phenols is 1. The third-order valence-electron chi connectivity index (χ3n) is 3.73. The van der Waals surface area contributed by atoms with E-state index in [1.807, 2.05) is 0 Å². The number of hydrogen-bond donors (Lipinski definition) is 2. The number of ether oxygens (including phenoxy) is 3. The molecule has 7 heteroatoms. The number of nitrogens with one attached hydrogen (secondary N) is 1. The molecule has 1 aliphatic heterocycles. The van der Waals surface area contributed by atoms with Gasteiger partial charge in [-0.15, -0.1) is 0 Å². The molecule has 2 heterocycles. The second-order valence-corrected chi connectivity index (χ2v) is 5.21. The molecule has 2 unspecified atom stereocenters. The van der Waals surface area contributed by atoms with Gasteiger partial charge in [0.05, 0.1) is 19.9 Å². The van der Waals surface area contributed by atoms with Crippen LogP contribution in [0.4, 0.5) is 5.69 Å². The number of aromatic nitrogens is 1. The fourth-order valence-electron chi connectivity index (χ4n) is 2.64. The number of fused-ring (bicyclic) bond motifs is 1. The predicted octanol–water partition coefficient (Wildman–Crippen LogP) is 2.27. The van der Waals surface area contributed by atoms with Gasteiger partial charge in [-0.3, -0.25) is 4.98 Å². The number of esters is 1. The average Bonchev–Trinajstić information content (AvgIpc) is 2.94. The molecule has 2 aromatic rings. The highest BCUT2D eigenvalue weighted by Crippen LogP contribution is 2.39. The van der Waals surface area contributed by atoms with Crippen LogP contribution < -0.4 is 14.8 Å². The smallest absolute Gasteiger partial charge is 0.349 e. The molecule has 0 fully saturated rings. The van der Waals surface area contributed by atoms with Crippen LogP contribution in [0.2, 0.25) is 0 Å². The Kier molecular flexibility index (Phi) is 4.41. The molecule has 0 spiro atoms. The summed E-state index contributed by atoms with van der Waals surface area (Å²) in [5.41, 5.74) is 1.43. The summed E-state index contributed by atoms with van der Waals surface area (Å²) >= 11 is 0. The molecule has 2 atom stereocenters. The van der Waals surface area contributed by atoms with E-state index < -0.39 is 18.1 Å². The summed E-state index contributed by atoms with van der Waals surface area (Å²) in [6.45, 7) is 2.01. The number of hydrogen-bond acceptors (Lipinski definition) is 7. The van der Waals surface area contributed by atoms with Crippen molar-refractivity contribution in [3.8, 4) is 17.2 Å². The van der Waals surface area contributed by atoms with Crippen molar-refractivity contribution < 1.29 is 24.1 Å². The molecule has 0 aliphatic carbocycles. The zero-order valence-corrected chi connectivity index (χ0v) is 13.4. The number of aromatic hydroxyl groups is 1. The van der Waals surface area contributed by atoms with E-state index in [9.17, 15) is 9.90 Å². The van der Waals surface area contributed by atoms with Crippen molar-refractivity contribution in [2.75, 3.05) is 19.0 Å². The lowest BCUT2D eigenvalue weighted by Gasteiger charge is -2.20. The quantitative estimate of drug-likeness (QED) is 0.813. The topological polar surface area (TPSA) is 89.9 Å². The Balaban J connectivity index is 1.90. The lowest BCUT2D eigenvalue weighted by molar-refractivity contribution is -0.151. The standard InChI is InChI=1S/C17H18N2O5/c1-3-23-17(21)16-15(11-6-7-18-9-14(11)24-16)19-10-4-5-13(22-2)12(20)8-10/h4-9,15-16,19-20H,3H2,1-2H3. The van der Waals surface area contributed by atoms with E-state index in [1.165, 1.54) is 13.2 Å². The zero-order valence-electron chi connectivity index (χ0n) is 13.4. The molecule has 126 valence electrons. The van der Waals surface area contributed by atoms with Crippen LogP contribution in [0.5, 0.6) is 17.2 Å². The minimum absolute atomic E-state index is 0.00375. The number of benzene rings is 1. The van der Waals surface area contributed by atoms with Crippen LogP contribution in [0.1, 0.15) is 18.5 Å². The van der Waals surface area contributed by atoms with Gasteiger partial charge in [0.2, 0.25) is 6.10 Å². The Morgan fingerprint density at radius 3 is 2.96 bits per heavy atom. The van der Waals surface area contributed by atoms with Crippen molar-refractivity contribution in [2.24, 2.45) is 0 Å². The number of carbonyl (C=O) groups excluding carboxylic acids is 1. The lowest BCUT2D eigenvalue weighted by Crippen LogP contribution is -2.34. The Labute approximate surface area is 139 Å². The summed E-state index contributed by atoms with van der Waals surface area (Å²) in [7, 11) is 1.48. The van der Waals surface area contributed by atoms with Crippen molar-refractivity contribution in [3.63, 3.8) is 0 Å². The summed E-state index contributed by atoms with van der Waals surface area (Å²) < 4.78 is 15.8. The summed E-state index contributed by atoms with van der Waals surface area (Å²) in [6, 6.07) is 6.26. The second kappa shape index (κ2) is 6.66. The maximum Gasteiger partial charge on any atom is 0.349 e. The molecule has 1 aliphatic rings. The molecular formula is C17H18N2O5. The molecule has 0 radical (unpaired) electrons. The third-order valence-corrected chi connectivity index (χ3v) is 3.73. The van der Waals surface area contributed by atoms with Gasteiger partial charge in [0.25, 0.3) is 0 Å². The second-order valence-electron chi connectivity index (χ2n) is 5.21. The highest BCUT2D eigenvalue weighted by Gasteiger charge is 2.40.